The van der Waals surface area contributed by atoms with Gasteiger partial charge in [-0.1, -0.05) is 29.5 Å². The van der Waals surface area contributed by atoms with Gasteiger partial charge in [0.2, 0.25) is 0 Å². The summed E-state index contributed by atoms with van der Waals surface area (Å²) in [6.07, 6.45) is 0.983. The lowest BCUT2D eigenvalue weighted by Crippen LogP contribution is -2.29. The second-order valence-electron chi connectivity index (χ2n) is 5.19. The number of para-hydroxylation sites is 1. The third-order valence-corrected chi connectivity index (χ3v) is 5.03. The molecule has 0 unspecified atom stereocenters. The van der Waals surface area contributed by atoms with E-state index in [9.17, 15) is 4.79 Å². The van der Waals surface area contributed by atoms with Gasteiger partial charge in [-0.3, -0.25) is 9.36 Å². The van der Waals surface area contributed by atoms with Gasteiger partial charge < -0.3 is 15.8 Å². The highest BCUT2D eigenvalue weighted by Crippen LogP contribution is 2.26. The van der Waals surface area contributed by atoms with Crippen LogP contribution in [0.1, 0.15) is 16.1 Å². The molecular weight excluding hydrogens is 318 g/mol. The molecule has 1 aromatic carbocycles. The fraction of sp³-hybridized carbons (Fsp3) is 0.333. The van der Waals surface area contributed by atoms with Crippen LogP contribution in [0.25, 0.3) is 5.69 Å². The van der Waals surface area contributed by atoms with Gasteiger partial charge in [0.05, 0.1) is 6.61 Å². The van der Waals surface area contributed by atoms with Gasteiger partial charge in [0, 0.05) is 24.8 Å². The Hall–Kier alpha value is -1.70. The molecule has 0 radical (unpaired) electrons. The van der Waals surface area contributed by atoms with Crippen LogP contribution in [0.3, 0.4) is 0 Å². The topological polar surface area (TPSA) is 69.3 Å². The van der Waals surface area contributed by atoms with Gasteiger partial charge in [-0.2, -0.15) is 0 Å². The maximum absolute atomic E-state index is 12.3. The van der Waals surface area contributed by atoms with Gasteiger partial charge in [-0.25, -0.2) is 0 Å². The Bertz CT molecular complexity index is 718. The molecule has 1 fully saturated rings. The molecule has 1 aliphatic heterocycles. The van der Waals surface area contributed by atoms with Crippen molar-refractivity contribution < 1.29 is 9.53 Å². The van der Waals surface area contributed by atoms with Crippen molar-refractivity contribution in [1.29, 1.82) is 0 Å². The Labute approximate surface area is 137 Å². The van der Waals surface area contributed by atoms with Crippen molar-refractivity contribution in [3.8, 4) is 5.69 Å². The number of nitrogens with one attached hydrogen (secondary N) is 1. The highest BCUT2D eigenvalue weighted by molar-refractivity contribution is 7.73. The number of nitrogen functional groups attached to an aromatic ring is 1. The predicted molar refractivity (Wildman–Crippen MR) is 90.2 cm³/mol. The van der Waals surface area contributed by atoms with Crippen molar-refractivity contribution in [3.63, 3.8) is 0 Å². The SMILES string of the molecule is Nc1c(C(=O)NC[C@H]2CCOC2)sc(=S)n1-c1ccccc1. The number of carbonyl (C=O) groups excluding carboxylic acids is 1. The molecule has 0 bridgehead atoms. The van der Waals surface area contributed by atoms with E-state index in [0.717, 1.165) is 18.7 Å². The first-order valence-electron chi connectivity index (χ1n) is 7.09. The zero-order valence-electron chi connectivity index (χ0n) is 12.0. The van der Waals surface area contributed by atoms with Crippen LogP contribution < -0.4 is 11.1 Å². The fourth-order valence-electron chi connectivity index (χ4n) is 2.43. The summed E-state index contributed by atoms with van der Waals surface area (Å²) in [4.78, 5) is 12.8. The van der Waals surface area contributed by atoms with E-state index in [1.54, 1.807) is 4.57 Å². The second kappa shape index (κ2) is 6.60. The number of rotatable bonds is 4. The Balaban J connectivity index is 1.80. The Morgan fingerprint density at radius 2 is 2.23 bits per heavy atom. The third kappa shape index (κ3) is 3.06. The molecule has 0 aliphatic carbocycles. The van der Waals surface area contributed by atoms with Crippen LogP contribution in [-0.2, 0) is 4.74 Å². The highest BCUT2D eigenvalue weighted by Gasteiger charge is 2.20. The summed E-state index contributed by atoms with van der Waals surface area (Å²) in [6, 6.07) is 9.57. The quantitative estimate of drug-likeness (QED) is 0.843. The molecule has 5 nitrogen and oxygen atoms in total. The average Bonchev–Trinajstić information content (AvgIpc) is 3.14. The standard InChI is InChI=1S/C15H17N3O2S2/c16-13-12(14(19)17-8-10-6-7-20-9-10)22-15(21)18(13)11-4-2-1-3-5-11/h1-5,10H,6-9,16H2,(H,17,19)/t10-/m1/s1. The predicted octanol–water partition coefficient (Wildman–Crippen LogP) is 2.62. The first-order chi connectivity index (χ1) is 10.7. The lowest BCUT2D eigenvalue weighted by Gasteiger charge is -2.09. The van der Waals surface area contributed by atoms with Crippen LogP contribution in [-0.4, -0.2) is 30.2 Å². The Morgan fingerprint density at radius 3 is 2.91 bits per heavy atom. The lowest BCUT2D eigenvalue weighted by molar-refractivity contribution is 0.0949. The molecule has 1 atom stereocenters. The number of hydrogen-bond donors (Lipinski definition) is 2. The monoisotopic (exact) mass is 335 g/mol. The summed E-state index contributed by atoms with van der Waals surface area (Å²) in [7, 11) is 0. The Morgan fingerprint density at radius 1 is 1.45 bits per heavy atom. The van der Waals surface area contributed by atoms with Crippen LogP contribution in [0.2, 0.25) is 0 Å². The summed E-state index contributed by atoms with van der Waals surface area (Å²) in [5.74, 6) is 0.603. The van der Waals surface area contributed by atoms with Crippen LogP contribution in [0.5, 0.6) is 0 Å². The molecule has 1 aliphatic rings. The van der Waals surface area contributed by atoms with Gasteiger partial charge >= 0.3 is 0 Å². The minimum absolute atomic E-state index is 0.171. The summed E-state index contributed by atoms with van der Waals surface area (Å²) in [5.41, 5.74) is 7.01. The maximum Gasteiger partial charge on any atom is 0.265 e. The molecule has 7 heteroatoms. The molecule has 0 spiro atoms. The third-order valence-electron chi connectivity index (χ3n) is 3.64. The van der Waals surface area contributed by atoms with Crippen LogP contribution in [0.4, 0.5) is 5.82 Å². The van der Waals surface area contributed by atoms with Crippen molar-refractivity contribution >= 4 is 35.3 Å². The van der Waals surface area contributed by atoms with E-state index in [1.165, 1.54) is 11.3 Å². The summed E-state index contributed by atoms with van der Waals surface area (Å²) < 4.78 is 7.60. The highest BCUT2D eigenvalue weighted by atomic mass is 32.1. The molecule has 1 saturated heterocycles. The van der Waals surface area contributed by atoms with Crippen LogP contribution >= 0.6 is 23.6 Å². The molecular formula is C15H17N3O2S2. The van der Waals surface area contributed by atoms with Gasteiger partial charge in [-0.15, -0.1) is 0 Å². The van der Waals surface area contributed by atoms with Crippen LogP contribution in [0, 0.1) is 9.87 Å². The molecule has 1 aromatic heterocycles. The first kappa shape index (κ1) is 15.2. The minimum Gasteiger partial charge on any atom is -0.383 e. The van der Waals surface area contributed by atoms with E-state index in [4.69, 9.17) is 22.7 Å². The zero-order chi connectivity index (χ0) is 15.5. The van der Waals surface area contributed by atoms with E-state index >= 15 is 0 Å². The van der Waals surface area contributed by atoms with Gasteiger partial charge in [0.15, 0.2) is 3.95 Å². The first-order valence-corrected chi connectivity index (χ1v) is 8.32. The van der Waals surface area contributed by atoms with E-state index in [2.05, 4.69) is 5.32 Å². The minimum atomic E-state index is -0.171. The van der Waals surface area contributed by atoms with Crippen molar-refractivity contribution in [2.45, 2.75) is 6.42 Å². The molecule has 0 saturated carbocycles. The molecule has 22 heavy (non-hydrogen) atoms. The van der Waals surface area contributed by atoms with E-state index in [-0.39, 0.29) is 5.91 Å². The molecule has 3 N–H and O–H groups in total. The normalized spacial score (nSPS) is 17.5. The number of ether oxygens (including phenoxy) is 1. The van der Waals surface area contributed by atoms with Crippen molar-refractivity contribution in [1.82, 2.24) is 9.88 Å². The number of aromatic nitrogens is 1. The fourth-order valence-corrected chi connectivity index (χ4v) is 3.72. The zero-order valence-corrected chi connectivity index (χ0v) is 13.6. The molecule has 2 aromatic rings. The van der Waals surface area contributed by atoms with Gasteiger partial charge in [-0.05, 0) is 30.8 Å². The maximum atomic E-state index is 12.3. The Kier molecular flexibility index (Phi) is 4.56. The molecule has 3 rings (SSSR count). The number of anilines is 1. The van der Waals surface area contributed by atoms with Crippen molar-refractivity contribution in [2.75, 3.05) is 25.5 Å². The van der Waals surface area contributed by atoms with Crippen molar-refractivity contribution in [2.24, 2.45) is 5.92 Å². The van der Waals surface area contributed by atoms with E-state index < -0.39 is 0 Å². The number of nitrogens with two attached hydrogens (primary N) is 1. The van der Waals surface area contributed by atoms with Crippen molar-refractivity contribution in [3.05, 3.63) is 39.2 Å². The summed E-state index contributed by atoms with van der Waals surface area (Å²) in [5, 5.41) is 2.93. The number of benzene rings is 1. The van der Waals surface area contributed by atoms with Gasteiger partial charge in [0.1, 0.15) is 10.7 Å². The van der Waals surface area contributed by atoms with Crippen LogP contribution in [0.15, 0.2) is 30.3 Å². The van der Waals surface area contributed by atoms with Gasteiger partial charge in [0.25, 0.3) is 5.91 Å². The van der Waals surface area contributed by atoms with E-state index in [0.29, 0.717) is 33.7 Å². The van der Waals surface area contributed by atoms with E-state index in [1.807, 2.05) is 30.3 Å². The molecule has 116 valence electrons. The average molecular weight is 335 g/mol. The number of amides is 1. The number of nitrogens with zero attached hydrogens (tertiary/aromatic N) is 1. The number of hydrogen-bond acceptors (Lipinski definition) is 5. The number of thiazole rings is 1. The second-order valence-corrected chi connectivity index (χ2v) is 6.84. The molecule has 2 heterocycles. The summed E-state index contributed by atoms with van der Waals surface area (Å²) in [6.45, 7) is 2.08. The smallest absolute Gasteiger partial charge is 0.265 e. The summed E-state index contributed by atoms with van der Waals surface area (Å²) >= 11 is 6.59. The lowest BCUT2D eigenvalue weighted by atomic mass is 10.1. The number of carbonyl (C=O) groups is 1. The largest absolute Gasteiger partial charge is 0.383 e. The molecule has 1 amide bonds.